The molecule has 0 radical (unpaired) electrons. The number of nitrogens with zero attached hydrogens (tertiary/aromatic N) is 2. The van der Waals surface area contributed by atoms with Crippen molar-refractivity contribution in [3.8, 4) is 17.5 Å². The number of unbranched alkanes of at least 4 members (excludes halogenated alkanes) is 2. The van der Waals surface area contributed by atoms with Crippen LogP contribution in [0.2, 0.25) is 0 Å². The molecule has 2 aromatic rings. The average Bonchev–Trinajstić information content (AvgIpc) is 2.86. The van der Waals surface area contributed by atoms with Crippen LogP contribution in [-0.2, 0) is 26.9 Å². The Bertz CT molecular complexity index is 1360. The average molecular weight is 582 g/mol. The third-order valence-electron chi connectivity index (χ3n) is 5.69. The lowest BCUT2D eigenvalue weighted by molar-refractivity contribution is -0.137. The highest BCUT2D eigenvalue weighted by molar-refractivity contribution is 5.67. The number of amides is 1. The zero-order chi connectivity index (χ0) is 30.8. The summed E-state index contributed by atoms with van der Waals surface area (Å²) in [4.78, 5) is 38.7. The van der Waals surface area contributed by atoms with Gasteiger partial charge in [0.2, 0.25) is 6.29 Å². The van der Waals surface area contributed by atoms with E-state index >= 15 is 0 Å². The topological polar surface area (TPSA) is 101 Å². The van der Waals surface area contributed by atoms with E-state index < -0.39 is 41.0 Å². The monoisotopic (exact) mass is 581 g/mol. The number of carbonyl (C=O) groups excluding carboxylic acids is 1. The predicted octanol–water partition coefficient (Wildman–Crippen LogP) is 4.77. The minimum atomic E-state index is -4.62. The van der Waals surface area contributed by atoms with Crippen LogP contribution in [0.25, 0.3) is 5.69 Å². The van der Waals surface area contributed by atoms with E-state index in [4.69, 9.17) is 14.2 Å². The Morgan fingerprint density at radius 2 is 1.71 bits per heavy atom. The van der Waals surface area contributed by atoms with Gasteiger partial charge in [-0.05, 0) is 84.9 Å². The number of benzene rings is 1. The highest BCUT2D eigenvalue weighted by Gasteiger charge is 2.31. The summed E-state index contributed by atoms with van der Waals surface area (Å²) in [7, 11) is 0. The molecule has 0 unspecified atom stereocenters. The standard InChI is InChI=1S/C29H38F3N3O6/c1-7-39-24(40-8-2)16-15-23-20(3)35(22-14-12-13-21(19-22)29(30,31)32)27(38)34(25(23)36)18-11-9-10-17-33-26(37)41-28(4,5)6/h12-14,19,24H,7-11,17-18H2,1-6H3,(H,33,37). The number of hydrogen-bond donors (Lipinski definition) is 1. The van der Waals surface area contributed by atoms with Crippen LogP contribution in [0.5, 0.6) is 0 Å². The molecule has 0 fully saturated rings. The molecule has 0 bridgehead atoms. The van der Waals surface area contributed by atoms with Crippen molar-refractivity contribution in [3.05, 3.63) is 61.9 Å². The molecule has 41 heavy (non-hydrogen) atoms. The minimum Gasteiger partial charge on any atom is -0.444 e. The minimum absolute atomic E-state index is 0.00161. The molecule has 0 aliphatic carbocycles. The van der Waals surface area contributed by atoms with Gasteiger partial charge in [0.15, 0.2) is 0 Å². The Labute approximate surface area is 237 Å². The van der Waals surface area contributed by atoms with Crippen molar-refractivity contribution in [3.63, 3.8) is 0 Å². The Morgan fingerprint density at radius 1 is 1.05 bits per heavy atom. The van der Waals surface area contributed by atoms with Crippen LogP contribution in [0.15, 0.2) is 33.9 Å². The van der Waals surface area contributed by atoms with Gasteiger partial charge in [0.25, 0.3) is 5.56 Å². The molecule has 2 rings (SSSR count). The maximum absolute atomic E-state index is 13.5. The molecule has 0 aliphatic rings. The largest absolute Gasteiger partial charge is 0.444 e. The van der Waals surface area contributed by atoms with E-state index in [0.717, 1.165) is 21.3 Å². The van der Waals surface area contributed by atoms with Crippen molar-refractivity contribution < 1.29 is 32.2 Å². The number of alkyl halides is 3. The molecule has 1 aromatic heterocycles. The maximum atomic E-state index is 13.5. The van der Waals surface area contributed by atoms with Gasteiger partial charge in [-0.2, -0.15) is 13.2 Å². The van der Waals surface area contributed by atoms with E-state index in [1.165, 1.54) is 19.1 Å². The normalized spacial score (nSPS) is 11.8. The van der Waals surface area contributed by atoms with Crippen LogP contribution >= 0.6 is 0 Å². The van der Waals surface area contributed by atoms with Gasteiger partial charge in [-0.1, -0.05) is 12.0 Å². The Balaban J connectivity index is 2.43. The number of rotatable bonds is 11. The van der Waals surface area contributed by atoms with E-state index in [2.05, 4.69) is 17.2 Å². The van der Waals surface area contributed by atoms with Crippen molar-refractivity contribution in [2.24, 2.45) is 0 Å². The summed E-state index contributed by atoms with van der Waals surface area (Å²) < 4.78 is 58.3. The summed E-state index contributed by atoms with van der Waals surface area (Å²) in [5, 5.41) is 2.64. The van der Waals surface area contributed by atoms with E-state index in [9.17, 15) is 27.6 Å². The molecule has 9 nitrogen and oxygen atoms in total. The molecule has 0 spiro atoms. The summed E-state index contributed by atoms with van der Waals surface area (Å²) in [6.45, 7) is 11.2. The molecule has 0 saturated carbocycles. The van der Waals surface area contributed by atoms with Crippen molar-refractivity contribution in [2.75, 3.05) is 19.8 Å². The van der Waals surface area contributed by atoms with Gasteiger partial charge in [-0.25, -0.2) is 9.59 Å². The fraction of sp³-hybridized carbons (Fsp3) is 0.552. The first-order chi connectivity index (χ1) is 19.2. The first-order valence-corrected chi connectivity index (χ1v) is 13.4. The Kier molecular flexibility index (Phi) is 12.2. The molecule has 0 saturated heterocycles. The zero-order valence-corrected chi connectivity index (χ0v) is 24.3. The summed E-state index contributed by atoms with van der Waals surface area (Å²) in [6, 6.07) is 4.32. The third-order valence-corrected chi connectivity index (χ3v) is 5.69. The van der Waals surface area contributed by atoms with Gasteiger partial charge >= 0.3 is 18.0 Å². The Hall–Kier alpha value is -3.56. The molecular weight excluding hydrogens is 543 g/mol. The summed E-state index contributed by atoms with van der Waals surface area (Å²) in [5.74, 6) is 5.47. The lowest BCUT2D eigenvalue weighted by atomic mass is 10.1. The first-order valence-electron chi connectivity index (χ1n) is 13.4. The SMILES string of the molecule is CCOC(C#Cc1c(C)n(-c2cccc(C(F)(F)F)c2)c(=O)n(CCCCCNC(=O)OC(C)(C)C)c1=O)OCC. The lowest BCUT2D eigenvalue weighted by Gasteiger charge is -2.19. The van der Waals surface area contributed by atoms with Gasteiger partial charge in [-0.15, -0.1) is 0 Å². The van der Waals surface area contributed by atoms with E-state index in [1.54, 1.807) is 34.6 Å². The number of ether oxygens (including phenoxy) is 3. The highest BCUT2D eigenvalue weighted by atomic mass is 19.4. The van der Waals surface area contributed by atoms with E-state index in [1.807, 2.05) is 0 Å². The highest BCUT2D eigenvalue weighted by Crippen LogP contribution is 2.30. The van der Waals surface area contributed by atoms with E-state index in [-0.39, 0.29) is 23.5 Å². The summed E-state index contributed by atoms with van der Waals surface area (Å²) in [6.07, 6.45) is -4.60. The molecule has 1 aromatic carbocycles. The number of carbonyl (C=O) groups is 1. The van der Waals surface area contributed by atoms with Gasteiger partial charge in [0, 0.05) is 32.0 Å². The van der Waals surface area contributed by atoms with Gasteiger partial charge < -0.3 is 19.5 Å². The summed E-state index contributed by atoms with van der Waals surface area (Å²) in [5.41, 5.74) is -3.02. The second-order valence-corrected chi connectivity index (χ2v) is 10.1. The van der Waals surface area contributed by atoms with Gasteiger partial charge in [0.05, 0.1) is 11.3 Å². The Morgan fingerprint density at radius 3 is 2.29 bits per heavy atom. The van der Waals surface area contributed by atoms with Crippen molar-refractivity contribution in [2.45, 2.75) is 85.4 Å². The molecule has 0 aliphatic heterocycles. The van der Waals surface area contributed by atoms with Crippen LogP contribution in [0.4, 0.5) is 18.0 Å². The molecular formula is C29H38F3N3O6. The fourth-order valence-corrected chi connectivity index (χ4v) is 3.86. The number of halogens is 3. The molecule has 226 valence electrons. The molecule has 1 heterocycles. The molecule has 12 heteroatoms. The van der Waals surface area contributed by atoms with Crippen LogP contribution in [0.1, 0.15) is 70.7 Å². The van der Waals surface area contributed by atoms with Crippen LogP contribution in [0.3, 0.4) is 0 Å². The summed E-state index contributed by atoms with van der Waals surface area (Å²) >= 11 is 0. The maximum Gasteiger partial charge on any atom is 0.416 e. The van der Waals surface area contributed by atoms with Crippen LogP contribution < -0.4 is 16.6 Å². The number of alkyl carbamates (subject to hydrolysis) is 1. The second kappa shape index (κ2) is 14.9. The quantitative estimate of drug-likeness (QED) is 0.233. The lowest BCUT2D eigenvalue weighted by Crippen LogP contribution is -2.42. The van der Waals surface area contributed by atoms with E-state index in [0.29, 0.717) is 39.0 Å². The van der Waals surface area contributed by atoms with Crippen molar-refractivity contribution >= 4 is 6.09 Å². The van der Waals surface area contributed by atoms with Crippen LogP contribution in [-0.4, -0.2) is 46.9 Å². The second-order valence-electron chi connectivity index (χ2n) is 10.1. The fourth-order valence-electron chi connectivity index (χ4n) is 3.86. The molecule has 0 atom stereocenters. The smallest absolute Gasteiger partial charge is 0.416 e. The number of hydrogen-bond acceptors (Lipinski definition) is 6. The van der Waals surface area contributed by atoms with Crippen molar-refractivity contribution in [1.29, 1.82) is 0 Å². The first kappa shape index (κ1) is 33.6. The molecule has 1 amide bonds. The number of nitrogens with one attached hydrogen (secondary N) is 1. The number of aromatic nitrogens is 2. The predicted molar refractivity (Wildman–Crippen MR) is 148 cm³/mol. The van der Waals surface area contributed by atoms with Crippen LogP contribution in [0, 0.1) is 18.8 Å². The van der Waals surface area contributed by atoms with Gasteiger partial charge in [0.1, 0.15) is 11.2 Å². The molecule has 1 N–H and O–H groups in total. The zero-order valence-electron chi connectivity index (χ0n) is 24.3. The van der Waals surface area contributed by atoms with Crippen molar-refractivity contribution in [1.82, 2.24) is 14.5 Å². The third kappa shape index (κ3) is 10.1. The van der Waals surface area contributed by atoms with Gasteiger partial charge in [-0.3, -0.25) is 13.9 Å².